The number of nitrogens with zero attached hydrogens (tertiary/aromatic N) is 2. The van der Waals surface area contributed by atoms with Crippen LogP contribution in [0.1, 0.15) is 34.2 Å². The molecule has 1 aromatic heterocycles. The summed E-state index contributed by atoms with van der Waals surface area (Å²) in [5.74, 6) is 0.560. The second-order valence-corrected chi connectivity index (χ2v) is 6.57. The number of carbonyl (C=O) groups is 2. The van der Waals surface area contributed by atoms with E-state index in [0.29, 0.717) is 29.5 Å². The minimum atomic E-state index is -0.594. The van der Waals surface area contributed by atoms with Crippen molar-refractivity contribution in [2.45, 2.75) is 19.4 Å². The van der Waals surface area contributed by atoms with Crippen molar-refractivity contribution in [3.05, 3.63) is 47.8 Å². The molecule has 148 valence electrons. The number of hydrogen-bond donors (Lipinski definition) is 1. The topological polar surface area (TPSA) is 104 Å². The van der Waals surface area contributed by atoms with Gasteiger partial charge in [0.2, 0.25) is 5.91 Å². The molecule has 2 aromatic rings. The van der Waals surface area contributed by atoms with E-state index in [4.69, 9.17) is 19.9 Å². The number of likely N-dealkylation sites (tertiary alicyclic amines) is 1. The van der Waals surface area contributed by atoms with Crippen LogP contribution in [-0.4, -0.2) is 54.6 Å². The van der Waals surface area contributed by atoms with E-state index in [1.807, 2.05) is 6.92 Å². The smallest absolute Gasteiger partial charge is 0.272 e. The molecule has 8 nitrogen and oxygen atoms in total. The molecule has 1 atom stereocenters. The van der Waals surface area contributed by atoms with E-state index in [0.717, 1.165) is 19.5 Å². The minimum absolute atomic E-state index is 0.0867. The Morgan fingerprint density at radius 2 is 1.93 bits per heavy atom. The Labute approximate surface area is 163 Å². The van der Waals surface area contributed by atoms with Crippen LogP contribution in [-0.2, 0) is 4.74 Å². The van der Waals surface area contributed by atoms with E-state index in [-0.39, 0.29) is 17.6 Å². The highest BCUT2D eigenvalue weighted by molar-refractivity contribution is 5.94. The zero-order chi connectivity index (χ0) is 20.1. The highest BCUT2D eigenvalue weighted by Crippen LogP contribution is 2.28. The summed E-state index contributed by atoms with van der Waals surface area (Å²) in [6.45, 7) is 3.78. The van der Waals surface area contributed by atoms with Gasteiger partial charge >= 0.3 is 0 Å². The van der Waals surface area contributed by atoms with E-state index in [9.17, 15) is 9.59 Å². The van der Waals surface area contributed by atoms with Crippen LogP contribution in [0.2, 0.25) is 0 Å². The van der Waals surface area contributed by atoms with Gasteiger partial charge in [0.15, 0.2) is 0 Å². The third kappa shape index (κ3) is 4.77. The lowest BCUT2D eigenvalue weighted by Gasteiger charge is -2.30. The summed E-state index contributed by atoms with van der Waals surface area (Å²) >= 11 is 0. The summed E-state index contributed by atoms with van der Waals surface area (Å²) in [5.41, 5.74) is 6.03. The zero-order valence-electron chi connectivity index (χ0n) is 15.9. The lowest BCUT2D eigenvalue weighted by Crippen LogP contribution is -2.42. The number of benzene rings is 1. The largest absolute Gasteiger partial charge is 0.488 e. The molecule has 0 unspecified atom stereocenters. The number of ether oxygens (including phenoxy) is 3. The molecule has 8 heteroatoms. The van der Waals surface area contributed by atoms with Crippen molar-refractivity contribution < 1.29 is 23.8 Å². The maximum Gasteiger partial charge on any atom is 0.272 e. The summed E-state index contributed by atoms with van der Waals surface area (Å²) in [6.07, 6.45) is 2.28. The number of primary amides is 1. The highest BCUT2D eigenvalue weighted by Gasteiger charge is 2.22. The van der Waals surface area contributed by atoms with Crippen molar-refractivity contribution in [3.8, 4) is 17.2 Å². The molecule has 0 aliphatic carbocycles. The van der Waals surface area contributed by atoms with Crippen molar-refractivity contribution in [1.82, 2.24) is 9.88 Å². The first-order chi connectivity index (χ1) is 13.5. The van der Waals surface area contributed by atoms with Gasteiger partial charge in [-0.3, -0.25) is 9.59 Å². The van der Waals surface area contributed by atoms with Crippen LogP contribution < -0.4 is 15.2 Å². The van der Waals surface area contributed by atoms with E-state index in [1.54, 1.807) is 36.3 Å². The third-order valence-corrected chi connectivity index (χ3v) is 4.24. The summed E-state index contributed by atoms with van der Waals surface area (Å²) < 4.78 is 16.6. The number of amides is 2. The van der Waals surface area contributed by atoms with Gasteiger partial charge in [-0.05, 0) is 37.6 Å². The predicted octanol–water partition coefficient (Wildman–Crippen LogP) is 2.23. The maximum absolute atomic E-state index is 12.2. The zero-order valence-corrected chi connectivity index (χ0v) is 15.9. The molecule has 1 aliphatic heterocycles. The first-order valence-corrected chi connectivity index (χ1v) is 9.00. The fourth-order valence-corrected chi connectivity index (χ4v) is 2.73. The second-order valence-electron chi connectivity index (χ2n) is 6.57. The molecule has 1 saturated heterocycles. The summed E-state index contributed by atoms with van der Waals surface area (Å²) in [7, 11) is 1.58. The Kier molecular flexibility index (Phi) is 6.10. The molecule has 2 heterocycles. The van der Waals surface area contributed by atoms with Gasteiger partial charge in [-0.2, -0.15) is 0 Å². The first kappa shape index (κ1) is 19.6. The lowest BCUT2D eigenvalue weighted by atomic mass is 10.2. The number of pyridine rings is 1. The summed E-state index contributed by atoms with van der Waals surface area (Å²) in [5, 5.41) is 0. The molecule has 1 aromatic carbocycles. The Hall–Kier alpha value is -3.13. The van der Waals surface area contributed by atoms with E-state index >= 15 is 0 Å². The Morgan fingerprint density at radius 1 is 1.18 bits per heavy atom. The van der Waals surface area contributed by atoms with Crippen LogP contribution in [0.5, 0.6) is 17.2 Å². The molecule has 3 rings (SSSR count). The van der Waals surface area contributed by atoms with Crippen LogP contribution >= 0.6 is 0 Å². The molecule has 0 radical (unpaired) electrons. The lowest BCUT2D eigenvalue weighted by molar-refractivity contribution is 0.0645. The monoisotopic (exact) mass is 385 g/mol. The Balaban J connectivity index is 1.75. The Morgan fingerprint density at radius 3 is 2.50 bits per heavy atom. The SMILES string of the molecule is COC[C@H](C)Oc1cc(Oc2ccc(C(=O)N3CCC3)nc2)cc(C(N)=O)c1. The maximum atomic E-state index is 12.2. The van der Waals surface area contributed by atoms with Crippen LogP contribution in [0.25, 0.3) is 0 Å². The van der Waals surface area contributed by atoms with Gasteiger partial charge in [0.05, 0.1) is 12.8 Å². The van der Waals surface area contributed by atoms with Crippen LogP contribution in [0.3, 0.4) is 0 Å². The number of aromatic nitrogens is 1. The number of hydrogen-bond acceptors (Lipinski definition) is 6. The molecular formula is C20H23N3O5. The van der Waals surface area contributed by atoms with Crippen molar-refractivity contribution in [2.24, 2.45) is 5.73 Å². The highest BCUT2D eigenvalue weighted by atomic mass is 16.5. The molecule has 0 spiro atoms. The van der Waals surface area contributed by atoms with E-state index in [2.05, 4.69) is 4.98 Å². The van der Waals surface area contributed by atoms with Gasteiger partial charge in [-0.25, -0.2) is 4.98 Å². The number of methoxy groups -OCH3 is 1. The van der Waals surface area contributed by atoms with E-state index in [1.165, 1.54) is 12.3 Å². The fraction of sp³-hybridized carbons (Fsp3) is 0.350. The molecule has 2 N–H and O–H groups in total. The molecule has 2 amide bonds. The van der Waals surface area contributed by atoms with Crippen LogP contribution in [0, 0.1) is 0 Å². The molecular weight excluding hydrogens is 362 g/mol. The van der Waals surface area contributed by atoms with Crippen LogP contribution in [0.15, 0.2) is 36.5 Å². The fourth-order valence-electron chi connectivity index (χ4n) is 2.73. The third-order valence-electron chi connectivity index (χ3n) is 4.24. The van der Waals surface area contributed by atoms with Crippen molar-refractivity contribution in [2.75, 3.05) is 26.8 Å². The Bertz CT molecular complexity index is 849. The standard InChI is InChI=1S/C20H23N3O5/c1-13(12-26-2)27-16-8-14(19(21)24)9-17(10-16)28-15-4-5-18(22-11-15)20(25)23-6-3-7-23/h4-5,8-11,13H,3,6-7,12H2,1-2H3,(H2,21,24)/t13-/m0/s1. The molecule has 1 fully saturated rings. The first-order valence-electron chi connectivity index (χ1n) is 9.00. The predicted molar refractivity (Wildman–Crippen MR) is 102 cm³/mol. The molecule has 1 aliphatic rings. The van der Waals surface area contributed by atoms with Crippen molar-refractivity contribution in [1.29, 1.82) is 0 Å². The number of rotatable bonds is 8. The molecule has 28 heavy (non-hydrogen) atoms. The van der Waals surface area contributed by atoms with Gasteiger partial charge in [0, 0.05) is 31.8 Å². The van der Waals surface area contributed by atoms with Crippen molar-refractivity contribution in [3.63, 3.8) is 0 Å². The van der Waals surface area contributed by atoms with Gasteiger partial charge in [-0.15, -0.1) is 0 Å². The summed E-state index contributed by atoms with van der Waals surface area (Å²) in [4.78, 5) is 29.7. The van der Waals surface area contributed by atoms with E-state index < -0.39 is 5.91 Å². The van der Waals surface area contributed by atoms with Gasteiger partial charge in [0.25, 0.3) is 5.91 Å². The van der Waals surface area contributed by atoms with Gasteiger partial charge in [0.1, 0.15) is 29.0 Å². The quantitative estimate of drug-likeness (QED) is 0.747. The second kappa shape index (κ2) is 8.71. The normalized spacial score (nSPS) is 14.1. The average molecular weight is 385 g/mol. The number of nitrogens with two attached hydrogens (primary N) is 1. The van der Waals surface area contributed by atoms with Crippen molar-refractivity contribution >= 4 is 11.8 Å². The minimum Gasteiger partial charge on any atom is -0.488 e. The van der Waals surface area contributed by atoms with Crippen LogP contribution in [0.4, 0.5) is 0 Å². The average Bonchev–Trinajstić information content (AvgIpc) is 2.60. The number of carbonyl (C=O) groups excluding carboxylic acids is 2. The summed E-state index contributed by atoms with van der Waals surface area (Å²) in [6, 6.07) is 8.00. The molecule has 0 bridgehead atoms. The van der Waals surface area contributed by atoms with Gasteiger partial charge < -0.3 is 24.8 Å². The van der Waals surface area contributed by atoms with Gasteiger partial charge in [-0.1, -0.05) is 0 Å². The molecule has 0 saturated carbocycles.